The van der Waals surface area contributed by atoms with Crippen molar-refractivity contribution in [2.75, 3.05) is 13.2 Å². The van der Waals surface area contributed by atoms with Gasteiger partial charge in [0.2, 0.25) is 0 Å². The summed E-state index contributed by atoms with van der Waals surface area (Å²) in [6.07, 6.45) is -3.50. The van der Waals surface area contributed by atoms with E-state index in [9.17, 15) is 10.2 Å². The largest absolute Gasteiger partial charge is 0.394 e. The topological polar surface area (TPSA) is 79.2 Å². The van der Waals surface area contributed by atoms with Crippen molar-refractivity contribution in [3.8, 4) is 0 Å². The highest BCUT2D eigenvalue weighted by molar-refractivity contribution is 5.16. The van der Waals surface area contributed by atoms with Crippen LogP contribution in [-0.4, -0.2) is 46.8 Å². The van der Waals surface area contributed by atoms with Crippen molar-refractivity contribution < 1.29 is 24.8 Å². The summed E-state index contributed by atoms with van der Waals surface area (Å²) in [6, 6.07) is 9.26. The van der Waals surface area contributed by atoms with Crippen molar-refractivity contribution in [2.45, 2.75) is 24.6 Å². The maximum atomic E-state index is 9.61. The molecule has 1 aromatic rings. The van der Waals surface area contributed by atoms with Gasteiger partial charge in [0.05, 0.1) is 13.2 Å². The van der Waals surface area contributed by atoms with Gasteiger partial charge in [-0.25, -0.2) is 0 Å². The number of hydrogen-bond donors (Lipinski definition) is 3. The second kappa shape index (κ2) is 5.57. The highest BCUT2D eigenvalue weighted by Crippen LogP contribution is 2.27. The Hall–Kier alpha value is -0.980. The fourth-order valence-electron chi connectivity index (χ4n) is 1.79. The number of rotatable bonds is 3. The first-order valence-corrected chi connectivity index (χ1v) is 5.51. The molecule has 1 saturated heterocycles. The van der Waals surface area contributed by atoms with E-state index in [4.69, 9.17) is 14.6 Å². The Morgan fingerprint density at radius 3 is 2.65 bits per heavy atom. The molecule has 0 radical (unpaired) electrons. The number of aliphatic hydroxyl groups is 3. The molecule has 0 spiro atoms. The lowest BCUT2D eigenvalue weighted by Gasteiger charge is -2.36. The van der Waals surface area contributed by atoms with Crippen molar-refractivity contribution in [3.63, 3.8) is 0 Å². The van der Waals surface area contributed by atoms with Crippen molar-refractivity contribution in [2.24, 2.45) is 0 Å². The highest BCUT2D eigenvalue weighted by atomic mass is 16.7. The lowest BCUT2D eigenvalue weighted by molar-refractivity contribution is -0.277. The molecule has 1 aliphatic heterocycles. The van der Waals surface area contributed by atoms with Gasteiger partial charge in [-0.2, -0.15) is 0 Å². The minimum Gasteiger partial charge on any atom is -0.394 e. The van der Waals surface area contributed by atoms with Crippen LogP contribution in [0.5, 0.6) is 0 Å². The van der Waals surface area contributed by atoms with Crippen LogP contribution in [0.2, 0.25) is 0 Å². The molecule has 0 unspecified atom stereocenters. The zero-order valence-electron chi connectivity index (χ0n) is 9.27. The molecule has 2 rings (SSSR count). The summed E-state index contributed by atoms with van der Waals surface area (Å²) < 4.78 is 10.8. The van der Waals surface area contributed by atoms with E-state index in [1.807, 2.05) is 30.3 Å². The van der Waals surface area contributed by atoms with Gasteiger partial charge in [0, 0.05) is 5.56 Å². The second-order valence-electron chi connectivity index (χ2n) is 3.99. The van der Waals surface area contributed by atoms with Gasteiger partial charge < -0.3 is 24.8 Å². The molecule has 17 heavy (non-hydrogen) atoms. The molecule has 5 nitrogen and oxygen atoms in total. The van der Waals surface area contributed by atoms with E-state index < -0.39 is 31.2 Å². The summed E-state index contributed by atoms with van der Waals surface area (Å²) in [4.78, 5) is 0. The third-order valence-electron chi connectivity index (χ3n) is 2.72. The van der Waals surface area contributed by atoms with Crippen LogP contribution in [0.4, 0.5) is 0 Å². The molecule has 4 atom stereocenters. The lowest BCUT2D eigenvalue weighted by atomic mass is 10.1. The summed E-state index contributed by atoms with van der Waals surface area (Å²) in [5.41, 5.74) is 0.814. The molecule has 3 N–H and O–H groups in total. The number of ether oxygens (including phenoxy) is 2. The minimum atomic E-state index is -1.11. The molecule has 0 aliphatic carbocycles. The summed E-state index contributed by atoms with van der Waals surface area (Å²) >= 11 is 0. The van der Waals surface area contributed by atoms with Gasteiger partial charge in [-0.1, -0.05) is 30.3 Å². The number of benzene rings is 1. The van der Waals surface area contributed by atoms with Crippen LogP contribution >= 0.6 is 0 Å². The number of aliphatic hydroxyl groups excluding tert-OH is 3. The Morgan fingerprint density at radius 2 is 2.00 bits per heavy atom. The van der Waals surface area contributed by atoms with E-state index >= 15 is 0 Å². The predicted molar refractivity (Wildman–Crippen MR) is 59.1 cm³/mol. The van der Waals surface area contributed by atoms with Gasteiger partial charge in [-0.15, -0.1) is 0 Å². The van der Waals surface area contributed by atoms with E-state index in [0.29, 0.717) is 0 Å². The number of hydrogen-bond acceptors (Lipinski definition) is 5. The molecule has 1 fully saturated rings. The Labute approximate surface area is 99.2 Å². The lowest BCUT2D eigenvalue weighted by Crippen LogP contribution is -2.48. The maximum Gasteiger partial charge on any atom is 0.184 e. The smallest absolute Gasteiger partial charge is 0.184 e. The quantitative estimate of drug-likeness (QED) is 0.682. The molecule has 0 amide bonds. The first kappa shape index (κ1) is 12.5. The summed E-state index contributed by atoms with van der Waals surface area (Å²) in [6.45, 7) is -0.384. The molecule has 94 valence electrons. The third kappa shape index (κ3) is 2.83. The van der Waals surface area contributed by atoms with Gasteiger partial charge in [0.25, 0.3) is 0 Å². The Morgan fingerprint density at radius 1 is 1.29 bits per heavy atom. The molecule has 1 aliphatic rings. The third-order valence-corrected chi connectivity index (χ3v) is 2.72. The standard InChI is InChI=1S/C12H16O5/c13-6-9(14)11-10(15)7-16-12(17-11)8-4-2-1-3-5-8/h1-5,9-15H,6-7H2/t9-,10+,11-,12+/m0/s1. The van der Waals surface area contributed by atoms with E-state index in [2.05, 4.69) is 0 Å². The first-order valence-electron chi connectivity index (χ1n) is 5.51. The maximum absolute atomic E-state index is 9.61. The average molecular weight is 240 g/mol. The SMILES string of the molecule is OC[C@H](O)[C@@H]1O[C@H](c2ccccc2)OC[C@H]1O. The van der Waals surface area contributed by atoms with Crippen LogP contribution in [0.15, 0.2) is 30.3 Å². The van der Waals surface area contributed by atoms with E-state index in [1.165, 1.54) is 0 Å². The van der Waals surface area contributed by atoms with Gasteiger partial charge in [0.1, 0.15) is 18.3 Å². The molecule has 1 aromatic carbocycles. The highest BCUT2D eigenvalue weighted by Gasteiger charge is 2.35. The molecular formula is C12H16O5. The van der Waals surface area contributed by atoms with Crippen LogP contribution in [0.1, 0.15) is 11.9 Å². The zero-order valence-corrected chi connectivity index (χ0v) is 9.27. The van der Waals surface area contributed by atoms with Crippen molar-refractivity contribution in [1.29, 1.82) is 0 Å². The van der Waals surface area contributed by atoms with Gasteiger partial charge in [-0.05, 0) is 0 Å². The van der Waals surface area contributed by atoms with Crippen LogP contribution < -0.4 is 0 Å². The van der Waals surface area contributed by atoms with Gasteiger partial charge in [0.15, 0.2) is 6.29 Å². The molecule has 0 aromatic heterocycles. The fraction of sp³-hybridized carbons (Fsp3) is 0.500. The predicted octanol–water partition coefficient (Wildman–Crippen LogP) is -0.185. The van der Waals surface area contributed by atoms with Crippen molar-refractivity contribution >= 4 is 0 Å². The van der Waals surface area contributed by atoms with Crippen LogP contribution in [0.25, 0.3) is 0 Å². The Kier molecular flexibility index (Phi) is 4.09. The molecule has 1 heterocycles. The van der Waals surface area contributed by atoms with E-state index in [1.54, 1.807) is 0 Å². The van der Waals surface area contributed by atoms with Crippen molar-refractivity contribution in [3.05, 3.63) is 35.9 Å². The molecule has 5 heteroatoms. The molecular weight excluding hydrogens is 224 g/mol. The van der Waals surface area contributed by atoms with E-state index in [-0.39, 0.29) is 6.61 Å². The van der Waals surface area contributed by atoms with E-state index in [0.717, 1.165) is 5.56 Å². The fourth-order valence-corrected chi connectivity index (χ4v) is 1.79. The summed E-state index contributed by atoms with van der Waals surface area (Å²) in [7, 11) is 0. The second-order valence-corrected chi connectivity index (χ2v) is 3.99. The Bertz CT molecular complexity index is 338. The summed E-state index contributed by atoms with van der Waals surface area (Å²) in [5, 5.41) is 28.0. The Balaban J connectivity index is 2.08. The van der Waals surface area contributed by atoms with Crippen LogP contribution in [0.3, 0.4) is 0 Å². The normalized spacial score (nSPS) is 31.1. The minimum absolute atomic E-state index is 0.0707. The van der Waals surface area contributed by atoms with Gasteiger partial charge >= 0.3 is 0 Å². The van der Waals surface area contributed by atoms with Crippen LogP contribution in [0, 0.1) is 0 Å². The molecule has 0 saturated carbocycles. The van der Waals surface area contributed by atoms with Gasteiger partial charge in [-0.3, -0.25) is 0 Å². The summed E-state index contributed by atoms with van der Waals surface area (Å²) in [5.74, 6) is 0. The first-order chi connectivity index (χ1) is 8.22. The van der Waals surface area contributed by atoms with Crippen molar-refractivity contribution in [1.82, 2.24) is 0 Å². The monoisotopic (exact) mass is 240 g/mol. The van der Waals surface area contributed by atoms with Crippen LogP contribution in [-0.2, 0) is 9.47 Å². The zero-order chi connectivity index (χ0) is 12.3. The average Bonchev–Trinajstić information content (AvgIpc) is 2.39. The molecule has 0 bridgehead atoms.